The predicted octanol–water partition coefficient (Wildman–Crippen LogP) is 15.9. The number of hydrogen-bond acceptors (Lipinski definition) is 22. The van der Waals surface area contributed by atoms with Crippen molar-refractivity contribution in [1.29, 1.82) is 0 Å². The van der Waals surface area contributed by atoms with E-state index >= 15 is 0 Å². The first-order valence-electron chi connectivity index (χ1n) is 42.4. The summed E-state index contributed by atoms with van der Waals surface area (Å²) in [6.45, 7) is 4.25. The van der Waals surface area contributed by atoms with E-state index in [1.54, 1.807) is 26.4 Å². The highest BCUT2D eigenvalue weighted by atomic mass is 32.1. The molecule has 678 valence electrons. The fourth-order valence-corrected chi connectivity index (χ4v) is 24.2. The van der Waals surface area contributed by atoms with Crippen LogP contribution in [0, 0.1) is 5.92 Å². The monoisotopic (exact) mass is 1850 g/mol. The van der Waals surface area contributed by atoms with Gasteiger partial charge in [-0.15, -0.1) is 81.2 Å². The Labute approximate surface area is 752 Å². The average molecular weight is 1850 g/mol. The molecule has 6 heterocycles. The van der Waals surface area contributed by atoms with Crippen molar-refractivity contribution in [2.45, 2.75) is 232 Å². The summed E-state index contributed by atoms with van der Waals surface area (Å²) in [5.74, 6) is -2.94. The summed E-state index contributed by atoms with van der Waals surface area (Å²) >= 11 is 8.76. The molecule has 0 saturated heterocycles. The van der Waals surface area contributed by atoms with Crippen molar-refractivity contribution >= 4 is 169 Å². The SMILES string of the molecule is CCCCCC(=O)Nc1sc2c(c1C(N)=O)CCC2.CCCCCCCC(=O)Nc1sc2c(c1C(N)=O)CCC2.COCC(=O)Nc1sc2c(c1C(N)=O)CCC2.COc1ccc(CC(=O)Nc2sc3c(c2C(N)=O)CCC3)cc1OC.NC(=O)c1c(NC(=O)C2CCCC2)sc2c1CCC2.NC(=O)c1c(NC(=O)c2ccc(OC(F)(F)F)cc2)sc2c1CCC2. The van der Waals surface area contributed by atoms with Gasteiger partial charge in [0, 0.05) is 60.7 Å². The third kappa shape index (κ3) is 25.9. The van der Waals surface area contributed by atoms with Crippen molar-refractivity contribution in [3.05, 3.63) is 150 Å². The van der Waals surface area contributed by atoms with Gasteiger partial charge < -0.3 is 85.3 Å². The van der Waals surface area contributed by atoms with Gasteiger partial charge in [0.05, 0.1) is 54.0 Å². The molecule has 126 heavy (non-hydrogen) atoms. The molecule has 0 unspecified atom stereocenters. The zero-order valence-electron chi connectivity index (χ0n) is 71.2. The summed E-state index contributed by atoms with van der Waals surface area (Å²) in [6.07, 6.45) is 26.3. The lowest BCUT2D eigenvalue weighted by molar-refractivity contribution is -0.274. The number of ether oxygens (including phenoxy) is 4. The summed E-state index contributed by atoms with van der Waals surface area (Å²) in [6, 6.07) is 9.85. The van der Waals surface area contributed by atoms with Crippen LogP contribution in [0.25, 0.3) is 0 Å². The number of rotatable bonds is 31. The Bertz CT molecular complexity index is 5330. The molecule has 12 amide bonds. The fraction of sp³-hybridized carbons (Fsp3) is 0.461. The number of carbonyl (C=O) groups is 12. The highest BCUT2D eigenvalue weighted by Crippen LogP contribution is 2.45. The number of benzene rings is 2. The summed E-state index contributed by atoms with van der Waals surface area (Å²) in [4.78, 5) is 149. The van der Waals surface area contributed by atoms with E-state index in [2.05, 4.69) is 50.5 Å². The molecule has 28 nitrogen and oxygen atoms in total. The van der Waals surface area contributed by atoms with Gasteiger partial charge in [-0.3, -0.25) is 57.5 Å². The first kappa shape index (κ1) is 97.6. The van der Waals surface area contributed by atoms with Gasteiger partial charge in [-0.25, -0.2) is 0 Å². The van der Waals surface area contributed by atoms with Crippen LogP contribution in [0.1, 0.15) is 283 Å². The molecule has 6 aromatic heterocycles. The Balaban J connectivity index is 0.000000159. The van der Waals surface area contributed by atoms with E-state index in [0.717, 1.165) is 239 Å². The van der Waals surface area contributed by atoms with Crippen molar-refractivity contribution in [3.63, 3.8) is 0 Å². The first-order valence-corrected chi connectivity index (χ1v) is 47.3. The van der Waals surface area contributed by atoms with Crippen LogP contribution in [-0.2, 0) is 112 Å². The lowest BCUT2D eigenvalue weighted by Gasteiger charge is -2.10. The maximum atomic E-state index is 12.4. The molecule has 8 aromatic rings. The maximum Gasteiger partial charge on any atom is 0.573 e. The van der Waals surface area contributed by atoms with Crippen LogP contribution in [0.15, 0.2) is 42.5 Å². The number of carbonyl (C=O) groups excluding carboxylic acids is 12. The largest absolute Gasteiger partial charge is 0.573 e. The minimum absolute atomic E-state index is 0.00563. The number of nitrogens with one attached hydrogen (secondary N) is 6. The number of anilines is 6. The summed E-state index contributed by atoms with van der Waals surface area (Å²) in [7, 11) is 4.56. The molecule has 15 rings (SSSR count). The van der Waals surface area contributed by atoms with E-state index in [1.807, 2.05) is 6.07 Å². The third-order valence-corrected chi connectivity index (χ3v) is 29.4. The number of unbranched alkanes of at least 4 members (excludes halogenated alkanes) is 6. The zero-order chi connectivity index (χ0) is 91.1. The summed E-state index contributed by atoms with van der Waals surface area (Å²) < 4.78 is 55.4. The number of hydrogen-bond donors (Lipinski definition) is 12. The molecule has 0 spiro atoms. The van der Waals surface area contributed by atoms with Gasteiger partial charge in [0.1, 0.15) is 42.4 Å². The second-order valence-electron chi connectivity index (χ2n) is 31.2. The molecule has 2 aromatic carbocycles. The minimum atomic E-state index is -4.79. The molecular formula is C89H109F3N12O16S6. The van der Waals surface area contributed by atoms with Crippen molar-refractivity contribution < 1.29 is 89.7 Å². The topological polar surface area (TPSA) is 470 Å². The van der Waals surface area contributed by atoms with Crippen LogP contribution in [0.4, 0.5) is 43.2 Å². The number of fused-ring (bicyclic) bond motifs is 6. The lowest BCUT2D eigenvalue weighted by atomic mass is 10.1. The molecule has 7 aliphatic rings. The standard InChI is InChI=1S/C18H20N2O4S.C16H13F3N2O3S.C16H24N2O2S.C14H18N2O2S.C14H20N2O2S.C11H14N2O3S/c1-23-12-7-6-10(8-13(12)24-2)9-15(21)20-18-16(17(19)22)11-4-3-5-14(11)25-18;17-16(18,19)24-9-6-4-8(5-7-9)14(23)21-15-12(13(20)22)10-2-1-3-11(10)25-15;1-2-3-4-5-6-10-13(19)18-16-14(15(17)20)11-8-7-9-12(11)21-16;15-12(17)11-9-6-3-7-10(9)19-14(11)16-13(18)8-4-1-2-5-8;1-2-3-4-8-11(17)16-14-12(13(15)18)9-6-5-7-10(9)19-14;1-16-5-8(14)13-11-9(10(12)15)6-3-2-4-7(6)17-11/h6-8H,3-5,9H2,1-2H3,(H2,19,22)(H,20,21);4-7H,1-3H2,(H2,20,22)(H,21,23);2-10H2,1H3,(H2,17,20)(H,18,19);8H,1-7H2,(H2,15,17)(H,16,18);2-8H2,1H3,(H2,15,18)(H,16,17);2-5H2,1H3,(H2,12,15)(H,13,14). The molecule has 7 aliphatic carbocycles. The van der Waals surface area contributed by atoms with Gasteiger partial charge in [0.15, 0.2) is 11.5 Å². The second kappa shape index (κ2) is 46.2. The van der Waals surface area contributed by atoms with E-state index < -0.39 is 53.5 Å². The van der Waals surface area contributed by atoms with E-state index in [1.165, 1.54) is 121 Å². The van der Waals surface area contributed by atoms with Crippen LogP contribution >= 0.6 is 68.0 Å². The minimum Gasteiger partial charge on any atom is -0.493 e. The number of thiophene rings is 6. The molecule has 37 heteroatoms. The van der Waals surface area contributed by atoms with Crippen LogP contribution in [-0.4, -0.2) is 105 Å². The predicted molar refractivity (Wildman–Crippen MR) is 488 cm³/mol. The number of amides is 12. The van der Waals surface area contributed by atoms with E-state index in [4.69, 9.17) is 48.6 Å². The van der Waals surface area contributed by atoms with E-state index in [9.17, 15) is 70.7 Å². The van der Waals surface area contributed by atoms with Crippen molar-refractivity contribution in [2.24, 2.45) is 40.3 Å². The number of halogens is 3. The molecule has 18 N–H and O–H groups in total. The van der Waals surface area contributed by atoms with E-state index in [-0.39, 0.29) is 54.0 Å². The number of aryl methyl sites for hydroxylation is 6. The Hall–Kier alpha value is -10.6. The van der Waals surface area contributed by atoms with Crippen molar-refractivity contribution in [1.82, 2.24) is 0 Å². The maximum absolute atomic E-state index is 12.4. The normalized spacial score (nSPS) is 14.0. The molecule has 0 atom stereocenters. The van der Waals surface area contributed by atoms with Gasteiger partial charge in [0.25, 0.3) is 47.3 Å². The molecule has 0 bridgehead atoms. The van der Waals surface area contributed by atoms with E-state index in [0.29, 0.717) is 87.7 Å². The molecule has 1 fully saturated rings. The Morgan fingerprint density at radius 1 is 0.381 bits per heavy atom. The van der Waals surface area contributed by atoms with Gasteiger partial charge in [-0.05, 0) is 217 Å². The first-order chi connectivity index (χ1) is 60.3. The molecule has 1 saturated carbocycles. The Kier molecular flexibility index (Phi) is 35.8. The summed E-state index contributed by atoms with van der Waals surface area (Å²) in [5.41, 5.74) is 42.6. The number of alkyl halides is 3. The van der Waals surface area contributed by atoms with Gasteiger partial charge in [-0.1, -0.05) is 71.3 Å². The second-order valence-corrected chi connectivity index (χ2v) is 37.8. The van der Waals surface area contributed by atoms with Crippen molar-refractivity contribution in [3.8, 4) is 17.2 Å². The fourth-order valence-electron chi connectivity index (χ4n) is 16.3. The lowest BCUT2D eigenvalue weighted by Crippen LogP contribution is -2.22. The number of nitrogens with two attached hydrogens (primary N) is 6. The Morgan fingerprint density at radius 2 is 0.706 bits per heavy atom. The van der Waals surface area contributed by atoms with Gasteiger partial charge >= 0.3 is 6.36 Å². The van der Waals surface area contributed by atoms with Crippen LogP contribution in [0.3, 0.4) is 0 Å². The average Bonchev–Trinajstić information content (AvgIpc) is 1.65. The smallest absolute Gasteiger partial charge is 0.493 e. The quantitative estimate of drug-likeness (QED) is 0.0180. The third-order valence-electron chi connectivity index (χ3n) is 22.2. The summed E-state index contributed by atoms with van der Waals surface area (Å²) in [5, 5.41) is 20.3. The van der Waals surface area contributed by atoms with Gasteiger partial charge in [-0.2, -0.15) is 0 Å². The highest BCUT2D eigenvalue weighted by Gasteiger charge is 2.35. The van der Waals surface area contributed by atoms with Crippen molar-refractivity contribution in [2.75, 3.05) is 59.8 Å². The molecule has 0 aliphatic heterocycles. The Morgan fingerprint density at radius 3 is 1.05 bits per heavy atom. The zero-order valence-corrected chi connectivity index (χ0v) is 76.1. The number of primary amides is 6. The van der Waals surface area contributed by atoms with Crippen LogP contribution in [0.2, 0.25) is 0 Å². The number of methoxy groups -OCH3 is 3. The van der Waals surface area contributed by atoms with Gasteiger partial charge in [0.2, 0.25) is 23.6 Å². The molecular weight excluding hydrogens is 1740 g/mol. The van der Waals surface area contributed by atoms with Crippen LogP contribution in [0.5, 0.6) is 17.2 Å². The highest BCUT2D eigenvalue weighted by molar-refractivity contribution is 7.19. The molecule has 0 radical (unpaired) electrons. The van der Waals surface area contributed by atoms with Crippen LogP contribution < -0.4 is 80.5 Å².